The molecule has 0 fully saturated rings. The van der Waals surface area contributed by atoms with Gasteiger partial charge in [0.2, 0.25) is 0 Å². The van der Waals surface area contributed by atoms with Gasteiger partial charge >= 0.3 is 67.6 Å². The quantitative estimate of drug-likeness (QED) is 0.130. The number of hydrogen-bond acceptors (Lipinski definition) is 5. The number of ether oxygens (including phenoxy) is 2. The Hall–Kier alpha value is -3.21. The normalized spacial score (nSPS) is 16.9. The first-order chi connectivity index (χ1) is 21.2. The molecule has 0 heterocycles. The van der Waals surface area contributed by atoms with Crippen LogP contribution in [-0.2, 0) is 26.0 Å². The second-order valence-electron chi connectivity index (χ2n) is 9.16. The van der Waals surface area contributed by atoms with Crippen LogP contribution in [-0.4, -0.2) is 71.8 Å². The molecule has 282 valence electrons. The number of benzene rings is 1. The third-order valence-electron chi connectivity index (χ3n) is 5.49. The van der Waals surface area contributed by atoms with Crippen LogP contribution in [0.25, 0.3) is 0 Å². The second-order valence-corrected chi connectivity index (χ2v) is 9.16. The number of carbonyl (C=O) groups excluding carboxylic acids is 1. The molecule has 0 bridgehead atoms. The van der Waals surface area contributed by atoms with Crippen molar-refractivity contribution in [2.45, 2.75) is 67.4 Å². The summed E-state index contributed by atoms with van der Waals surface area (Å²) in [5.41, 5.74) is -14.0. The summed E-state index contributed by atoms with van der Waals surface area (Å²) in [5, 5.41) is 19.5. The van der Waals surface area contributed by atoms with Crippen molar-refractivity contribution in [2.75, 3.05) is 5.32 Å². The fraction of sp³-hybridized carbons (Fsp3) is 0.550. The van der Waals surface area contributed by atoms with Crippen molar-refractivity contribution in [3.05, 3.63) is 35.4 Å². The number of amides is 1. The monoisotopic (exact) mass is 773 g/mol. The van der Waals surface area contributed by atoms with Gasteiger partial charge in [0.05, 0.1) is 5.69 Å². The van der Waals surface area contributed by atoms with Crippen LogP contribution in [0.3, 0.4) is 0 Å². The highest BCUT2D eigenvalue weighted by Crippen LogP contribution is 2.57. The van der Waals surface area contributed by atoms with Gasteiger partial charge in [-0.15, -0.1) is 0 Å². The summed E-state index contributed by atoms with van der Waals surface area (Å²) in [4.78, 5) is 12.0. The lowest BCUT2D eigenvalue weighted by Gasteiger charge is -2.38. The molecule has 0 aromatic heterocycles. The molecular formula is C20H10BF22NO5. The van der Waals surface area contributed by atoms with E-state index in [4.69, 9.17) is 0 Å². The van der Waals surface area contributed by atoms with Crippen molar-refractivity contribution in [2.24, 2.45) is 0 Å². The SMILES string of the molecule is C=C(C)C(=O)Nc1cc(C(F)(OC(F)(F)C(F)(F)C(F)(F)F)C(F)(F)F)cc(B(O)O)c1C(F)(OC(F)(F)C(F)(F)C(F)(F)F)C(F)(F)F. The van der Waals surface area contributed by atoms with Crippen LogP contribution < -0.4 is 10.8 Å². The molecule has 0 aliphatic rings. The Morgan fingerprint density at radius 3 is 1.27 bits per heavy atom. The van der Waals surface area contributed by atoms with E-state index in [0.717, 1.165) is 0 Å². The fourth-order valence-corrected chi connectivity index (χ4v) is 3.08. The molecule has 1 rings (SSSR count). The topological polar surface area (TPSA) is 88.0 Å². The largest absolute Gasteiger partial charge is 0.489 e. The van der Waals surface area contributed by atoms with E-state index in [1.807, 2.05) is 0 Å². The van der Waals surface area contributed by atoms with Crippen LogP contribution in [0.1, 0.15) is 18.1 Å². The van der Waals surface area contributed by atoms with Crippen LogP contribution in [0.2, 0.25) is 0 Å². The summed E-state index contributed by atoms with van der Waals surface area (Å²) < 4.78 is 302. The molecule has 0 aliphatic carbocycles. The van der Waals surface area contributed by atoms with Crippen molar-refractivity contribution in [3.8, 4) is 0 Å². The number of rotatable bonds is 11. The molecule has 0 spiro atoms. The second kappa shape index (κ2) is 12.5. The van der Waals surface area contributed by atoms with E-state index in [9.17, 15) is 103 Å². The summed E-state index contributed by atoms with van der Waals surface area (Å²) in [6.07, 6.45) is -45.8. The number of halogens is 22. The lowest BCUT2D eigenvalue weighted by molar-refractivity contribution is -0.488. The average Bonchev–Trinajstić information content (AvgIpc) is 2.84. The van der Waals surface area contributed by atoms with E-state index in [1.54, 1.807) is 0 Å². The van der Waals surface area contributed by atoms with Gasteiger partial charge < -0.3 is 15.4 Å². The van der Waals surface area contributed by atoms with Crippen LogP contribution in [0, 0.1) is 0 Å². The number of alkyl halides is 22. The maximum Gasteiger partial charge on any atom is 0.489 e. The van der Waals surface area contributed by atoms with E-state index >= 15 is 8.78 Å². The summed E-state index contributed by atoms with van der Waals surface area (Å²) >= 11 is 0. The minimum absolute atomic E-state index is 0.458. The highest BCUT2D eigenvalue weighted by Gasteiger charge is 2.80. The highest BCUT2D eigenvalue weighted by molar-refractivity contribution is 6.59. The minimum atomic E-state index is -7.85. The fourth-order valence-electron chi connectivity index (χ4n) is 3.08. The van der Waals surface area contributed by atoms with Gasteiger partial charge in [-0.3, -0.25) is 14.3 Å². The first-order valence-electron chi connectivity index (χ1n) is 11.2. The third kappa shape index (κ3) is 7.76. The molecule has 49 heavy (non-hydrogen) atoms. The van der Waals surface area contributed by atoms with E-state index in [0.29, 0.717) is 12.2 Å². The van der Waals surface area contributed by atoms with E-state index < -0.39 is 113 Å². The molecule has 1 aromatic carbocycles. The van der Waals surface area contributed by atoms with E-state index in [1.165, 1.54) is 0 Å². The first kappa shape index (κ1) is 43.8. The molecule has 1 aromatic rings. The average molecular weight is 773 g/mol. The molecule has 1 amide bonds. The van der Waals surface area contributed by atoms with Gasteiger partial charge in [0.15, 0.2) is 0 Å². The number of nitrogens with one attached hydrogen (secondary N) is 1. The third-order valence-corrected chi connectivity index (χ3v) is 5.49. The first-order valence-corrected chi connectivity index (χ1v) is 11.2. The summed E-state index contributed by atoms with van der Waals surface area (Å²) in [6.45, 7) is 3.17. The molecular weight excluding hydrogens is 763 g/mol. The van der Waals surface area contributed by atoms with Crippen LogP contribution in [0.5, 0.6) is 0 Å². The Morgan fingerprint density at radius 2 is 0.980 bits per heavy atom. The highest BCUT2D eigenvalue weighted by atomic mass is 19.4. The van der Waals surface area contributed by atoms with Crippen molar-refractivity contribution in [1.82, 2.24) is 0 Å². The molecule has 2 unspecified atom stereocenters. The molecule has 3 N–H and O–H groups in total. The maximum atomic E-state index is 15.6. The summed E-state index contributed by atoms with van der Waals surface area (Å²) in [6, 6.07) is -2.91. The Labute approximate surface area is 254 Å². The molecule has 0 saturated heterocycles. The summed E-state index contributed by atoms with van der Waals surface area (Å²) in [5.74, 6) is -32.1. The lowest BCUT2D eigenvalue weighted by atomic mass is 9.73. The van der Waals surface area contributed by atoms with E-state index in [2.05, 4.69) is 16.1 Å². The predicted octanol–water partition coefficient (Wildman–Crippen LogP) is 6.86. The van der Waals surface area contributed by atoms with E-state index in [-0.39, 0.29) is 0 Å². The van der Waals surface area contributed by atoms with Crippen molar-refractivity contribution in [3.63, 3.8) is 0 Å². The Morgan fingerprint density at radius 1 is 0.633 bits per heavy atom. The number of carbonyl (C=O) groups is 1. The molecule has 29 heteroatoms. The van der Waals surface area contributed by atoms with Crippen molar-refractivity contribution >= 4 is 24.2 Å². The van der Waals surface area contributed by atoms with Gasteiger partial charge in [0, 0.05) is 16.7 Å². The minimum Gasteiger partial charge on any atom is -0.423 e. The van der Waals surface area contributed by atoms with Gasteiger partial charge in [-0.25, -0.2) is 0 Å². The maximum absolute atomic E-state index is 15.6. The van der Waals surface area contributed by atoms with Gasteiger partial charge in [0.1, 0.15) is 0 Å². The molecule has 6 nitrogen and oxygen atoms in total. The standard InChI is InChI=1S/C20H10BF22NO5/c1-5(2)10(45)44-8-4-6(11(22,15(28,29)30)48-19(40,41)13(24,25)17(34,35)36)3-7(21(46)47)9(8)12(23,16(31,32)33)49-20(42,43)14(26,27)18(37,38)39/h3-4,46-47H,1H2,2H3,(H,44,45). The van der Waals surface area contributed by atoms with Crippen molar-refractivity contribution in [1.29, 1.82) is 0 Å². The Balaban J connectivity index is 4.54. The lowest BCUT2D eigenvalue weighted by Crippen LogP contribution is -2.60. The predicted molar refractivity (Wildman–Crippen MR) is 111 cm³/mol. The Bertz CT molecular complexity index is 1420. The van der Waals surface area contributed by atoms with Gasteiger partial charge in [-0.1, -0.05) is 12.6 Å². The smallest absolute Gasteiger partial charge is 0.423 e. The molecule has 2 atom stereocenters. The Kier molecular flexibility index (Phi) is 11.2. The molecule has 0 saturated carbocycles. The zero-order valence-corrected chi connectivity index (χ0v) is 22.4. The van der Waals surface area contributed by atoms with Crippen LogP contribution in [0.15, 0.2) is 24.3 Å². The molecule has 0 aliphatic heterocycles. The van der Waals surface area contributed by atoms with Gasteiger partial charge in [0.25, 0.3) is 5.91 Å². The zero-order chi connectivity index (χ0) is 39.6. The van der Waals surface area contributed by atoms with Crippen LogP contribution in [0.4, 0.5) is 102 Å². The zero-order valence-electron chi connectivity index (χ0n) is 22.4. The van der Waals surface area contributed by atoms with Gasteiger partial charge in [-0.2, -0.15) is 96.6 Å². The molecule has 0 radical (unpaired) electrons. The van der Waals surface area contributed by atoms with Crippen LogP contribution >= 0.6 is 0 Å². The number of anilines is 1. The van der Waals surface area contributed by atoms with Crippen molar-refractivity contribution < 1.29 is 121 Å². The van der Waals surface area contributed by atoms with Gasteiger partial charge in [-0.05, 0) is 18.5 Å². The summed E-state index contributed by atoms with van der Waals surface area (Å²) in [7, 11) is -4.32. The number of hydrogen-bond donors (Lipinski definition) is 3.